The summed E-state index contributed by atoms with van der Waals surface area (Å²) in [5, 5.41) is 10.2. The first-order valence-electron chi connectivity index (χ1n) is 14.9. The Morgan fingerprint density at radius 2 is 1.22 bits per heavy atom. The van der Waals surface area contributed by atoms with Crippen LogP contribution in [-0.2, 0) is 42.0 Å². The number of carbonyl (C=O) groups excluding carboxylic acids is 3. The average Bonchev–Trinajstić information content (AvgIpc) is 3.10. The van der Waals surface area contributed by atoms with Crippen LogP contribution in [0.2, 0.25) is 0 Å². The van der Waals surface area contributed by atoms with Gasteiger partial charge in [0.15, 0.2) is 0 Å². The number of likely N-dealkylation sites (tertiary alicyclic amines) is 2. The molecule has 46 heavy (non-hydrogen) atoms. The van der Waals surface area contributed by atoms with Gasteiger partial charge in [0.1, 0.15) is 13.2 Å². The van der Waals surface area contributed by atoms with Gasteiger partial charge in [-0.05, 0) is 36.8 Å². The van der Waals surface area contributed by atoms with Gasteiger partial charge in [0, 0.05) is 40.3 Å². The molecule has 2 N–H and O–H groups in total. The number of nitrogens with zero attached hydrogens (tertiary/aromatic N) is 3. The van der Waals surface area contributed by atoms with Crippen LogP contribution in [0.4, 0.5) is 9.59 Å². The van der Waals surface area contributed by atoms with Crippen molar-refractivity contribution in [3.05, 3.63) is 71.8 Å². The van der Waals surface area contributed by atoms with Crippen LogP contribution < -0.4 is 5.48 Å². The van der Waals surface area contributed by atoms with Gasteiger partial charge in [0.05, 0.1) is 26.1 Å². The molecule has 0 bridgehead atoms. The van der Waals surface area contributed by atoms with E-state index in [0.717, 1.165) is 24.0 Å². The van der Waals surface area contributed by atoms with Crippen molar-refractivity contribution in [2.45, 2.75) is 38.9 Å². The number of benzene rings is 2. The summed E-state index contributed by atoms with van der Waals surface area (Å²) in [6, 6.07) is 18.9. The van der Waals surface area contributed by atoms with E-state index >= 15 is 0 Å². The lowest BCUT2D eigenvalue weighted by molar-refractivity contribution is -0.174. The molecule has 13 nitrogen and oxygen atoms in total. The molecule has 0 saturated carbocycles. The molecule has 2 saturated heterocycles. The Morgan fingerprint density at radius 1 is 0.804 bits per heavy atom. The first-order valence-corrected chi connectivity index (χ1v) is 14.9. The van der Waals surface area contributed by atoms with Crippen LogP contribution in [0.5, 0.6) is 0 Å². The Hall–Kier alpha value is -3.91. The second-order valence-electron chi connectivity index (χ2n) is 10.4. The third-order valence-corrected chi connectivity index (χ3v) is 7.26. The average molecular weight is 667 g/mol. The monoisotopic (exact) mass is 666 g/mol. The zero-order valence-electron chi connectivity index (χ0n) is 27.0. The molecule has 2 aromatic carbocycles. The summed E-state index contributed by atoms with van der Waals surface area (Å²) in [7, 11) is 6.31. The number of ether oxygens (including phenoxy) is 2. The lowest BCUT2D eigenvalue weighted by atomic mass is 9.97. The maximum absolute atomic E-state index is 12.1. The molecule has 2 aliphatic heterocycles. The van der Waals surface area contributed by atoms with Gasteiger partial charge in [0.2, 0.25) is 0 Å². The molecule has 2 aromatic rings. The lowest BCUT2D eigenvalue weighted by Crippen LogP contribution is -2.45. The van der Waals surface area contributed by atoms with Crippen molar-refractivity contribution in [3.63, 3.8) is 0 Å². The van der Waals surface area contributed by atoms with E-state index in [2.05, 4.69) is 10.3 Å². The van der Waals surface area contributed by atoms with Gasteiger partial charge in [-0.15, -0.1) is 12.4 Å². The van der Waals surface area contributed by atoms with Gasteiger partial charge in [0.25, 0.3) is 5.91 Å². The molecule has 2 heterocycles. The molecular weight excluding hydrogens is 620 g/mol. The van der Waals surface area contributed by atoms with E-state index in [0.29, 0.717) is 32.5 Å². The molecule has 0 aliphatic carbocycles. The number of aliphatic carboxylic acids is 1. The highest BCUT2D eigenvalue weighted by atomic mass is 35.5. The smallest absolute Gasteiger partial charge is 0.410 e. The van der Waals surface area contributed by atoms with E-state index in [-0.39, 0.29) is 50.1 Å². The molecule has 0 spiro atoms. The van der Waals surface area contributed by atoms with Gasteiger partial charge in [-0.25, -0.2) is 20.1 Å². The van der Waals surface area contributed by atoms with Gasteiger partial charge < -0.3 is 29.2 Å². The molecule has 0 radical (unpaired) electrons. The molecule has 2 unspecified atom stereocenters. The van der Waals surface area contributed by atoms with Crippen LogP contribution in [-0.4, -0.2) is 98.5 Å². The summed E-state index contributed by atoms with van der Waals surface area (Å²) in [5.74, 6) is -1.66. The van der Waals surface area contributed by atoms with Gasteiger partial charge in [-0.2, -0.15) is 0 Å². The summed E-state index contributed by atoms with van der Waals surface area (Å²) < 4.78 is 10.5. The molecule has 4 rings (SSSR count). The third kappa shape index (κ3) is 14.5. The van der Waals surface area contributed by atoms with Crippen LogP contribution in [0.15, 0.2) is 60.7 Å². The number of rotatable bonds is 8. The minimum Gasteiger partial charge on any atom is -0.481 e. The summed E-state index contributed by atoms with van der Waals surface area (Å²) >= 11 is 0. The zero-order valence-corrected chi connectivity index (χ0v) is 27.8. The van der Waals surface area contributed by atoms with Crippen LogP contribution in [0.3, 0.4) is 0 Å². The highest BCUT2D eigenvalue weighted by molar-refractivity contribution is 5.85. The van der Waals surface area contributed by atoms with Crippen molar-refractivity contribution in [1.29, 1.82) is 0 Å². The van der Waals surface area contributed by atoms with Crippen LogP contribution in [0.25, 0.3) is 0 Å². The molecule has 0 aromatic heterocycles. The number of hydrogen-bond donors (Lipinski definition) is 2. The minimum atomic E-state index is -0.847. The molecule has 2 aliphatic rings. The second-order valence-corrected chi connectivity index (χ2v) is 10.4. The fourth-order valence-electron chi connectivity index (χ4n) is 4.66. The van der Waals surface area contributed by atoms with Crippen LogP contribution in [0, 0.1) is 11.8 Å². The standard InChI is InChI=1S/C16H22N2O4.C14H17NO4.C2H7NO.ClH/c1-17(21-2)15(19)14-9-6-10-18(11-14)16(20)22-12-13-7-4-3-5-8-13;16-13(17)12-7-4-8-15(9-12)14(18)19-10-11-5-2-1-3-6-11;1-3-4-2;/h3-5,7-8,14H,6,9-12H2,1-2H3;1-3,5-6,12H,4,7-10H2,(H,16,17);3H,1-2H3;1H. The van der Waals surface area contributed by atoms with Crippen molar-refractivity contribution < 1.29 is 43.4 Å². The first-order chi connectivity index (χ1) is 21.7. The molecule has 256 valence electrons. The Labute approximate surface area is 277 Å². The summed E-state index contributed by atoms with van der Waals surface area (Å²) in [4.78, 5) is 59.3. The van der Waals surface area contributed by atoms with Crippen molar-refractivity contribution in [2.75, 3.05) is 54.5 Å². The van der Waals surface area contributed by atoms with Gasteiger partial charge >= 0.3 is 18.2 Å². The van der Waals surface area contributed by atoms with E-state index in [9.17, 15) is 19.2 Å². The minimum absolute atomic E-state index is 0. The lowest BCUT2D eigenvalue weighted by Gasteiger charge is -2.32. The predicted octanol–water partition coefficient (Wildman–Crippen LogP) is 4.36. The molecule has 3 amide bonds. The maximum atomic E-state index is 12.1. The van der Waals surface area contributed by atoms with Gasteiger partial charge in [-0.1, -0.05) is 60.7 Å². The number of piperidine rings is 2. The summed E-state index contributed by atoms with van der Waals surface area (Å²) in [6.07, 6.45) is 2.06. The Kier molecular flexibility index (Phi) is 19.7. The molecule has 2 fully saturated rings. The van der Waals surface area contributed by atoms with Crippen molar-refractivity contribution >= 4 is 36.5 Å². The largest absolute Gasteiger partial charge is 0.481 e. The number of nitrogens with one attached hydrogen (secondary N) is 1. The topological polar surface area (TPSA) is 147 Å². The third-order valence-electron chi connectivity index (χ3n) is 7.26. The van der Waals surface area contributed by atoms with E-state index in [1.165, 1.54) is 17.1 Å². The van der Waals surface area contributed by atoms with Crippen LogP contribution >= 0.6 is 12.4 Å². The van der Waals surface area contributed by atoms with Crippen molar-refractivity contribution in [1.82, 2.24) is 20.3 Å². The molecular formula is C32H47ClN4O9. The van der Waals surface area contributed by atoms with E-state index in [1.54, 1.807) is 26.1 Å². The number of carboxylic acids is 1. The van der Waals surface area contributed by atoms with E-state index in [1.807, 2.05) is 60.7 Å². The van der Waals surface area contributed by atoms with Crippen molar-refractivity contribution in [2.24, 2.45) is 11.8 Å². The van der Waals surface area contributed by atoms with Crippen LogP contribution in [0.1, 0.15) is 36.8 Å². The number of hydroxylamine groups is 3. The maximum Gasteiger partial charge on any atom is 0.410 e. The highest BCUT2D eigenvalue weighted by Crippen LogP contribution is 2.20. The quantitative estimate of drug-likeness (QED) is 0.390. The summed E-state index contributed by atoms with van der Waals surface area (Å²) in [6.45, 7) is 2.26. The SMILES string of the molecule is CNOC.CON(C)C(=O)C1CCCN(C(=O)OCc2ccccc2)C1.Cl.O=C(O)C1CCCN(C(=O)OCc2ccccc2)C1. The van der Waals surface area contributed by atoms with E-state index < -0.39 is 18.0 Å². The normalized spacial score (nSPS) is 17.0. The highest BCUT2D eigenvalue weighted by Gasteiger charge is 2.31. The zero-order chi connectivity index (χ0) is 33.0. The summed E-state index contributed by atoms with van der Waals surface area (Å²) in [5.41, 5.74) is 4.29. The Morgan fingerprint density at radius 3 is 1.61 bits per heavy atom. The van der Waals surface area contributed by atoms with Crippen molar-refractivity contribution in [3.8, 4) is 0 Å². The molecule has 2 atom stereocenters. The first kappa shape index (κ1) is 40.1. The number of carbonyl (C=O) groups is 4. The Bertz CT molecular complexity index is 1170. The molecule has 14 heteroatoms. The number of halogens is 1. The Balaban J connectivity index is 0.000000407. The second kappa shape index (κ2) is 22.6. The number of carboxylic acid groups (broad SMARTS) is 1. The number of amides is 3. The number of hydrogen-bond acceptors (Lipinski definition) is 9. The van der Waals surface area contributed by atoms with E-state index in [4.69, 9.17) is 19.4 Å². The fourth-order valence-corrected chi connectivity index (χ4v) is 4.66. The van der Waals surface area contributed by atoms with Gasteiger partial charge in [-0.3, -0.25) is 14.4 Å². The fraction of sp³-hybridized carbons (Fsp3) is 0.500. The predicted molar refractivity (Wildman–Crippen MR) is 173 cm³/mol.